The van der Waals surface area contributed by atoms with Gasteiger partial charge in [-0.05, 0) is 61.3 Å². The lowest BCUT2D eigenvalue weighted by Crippen LogP contribution is -2.31. The molecule has 104 valence electrons. The SMILES string of the molecule is Nc1ccc2[nH]c(C(=O)NCC3(C4CC4)CC3)cc2c1. The molecular weight excluding hydrogens is 250 g/mol. The van der Waals surface area contributed by atoms with Crippen molar-refractivity contribution < 1.29 is 4.79 Å². The highest BCUT2D eigenvalue weighted by Crippen LogP contribution is 2.60. The maximum absolute atomic E-state index is 12.2. The Morgan fingerprint density at radius 3 is 2.85 bits per heavy atom. The summed E-state index contributed by atoms with van der Waals surface area (Å²) in [5.74, 6) is 0.858. The van der Waals surface area contributed by atoms with Crippen LogP contribution in [-0.2, 0) is 0 Å². The molecule has 1 amide bonds. The van der Waals surface area contributed by atoms with Gasteiger partial charge in [-0.3, -0.25) is 4.79 Å². The van der Waals surface area contributed by atoms with E-state index in [4.69, 9.17) is 5.73 Å². The average Bonchev–Trinajstić information content (AvgIpc) is 3.32. The molecule has 4 nitrogen and oxygen atoms in total. The summed E-state index contributed by atoms with van der Waals surface area (Å²) in [5.41, 5.74) is 8.49. The van der Waals surface area contributed by atoms with Gasteiger partial charge in [0.1, 0.15) is 5.69 Å². The number of nitrogens with one attached hydrogen (secondary N) is 2. The second kappa shape index (κ2) is 4.01. The summed E-state index contributed by atoms with van der Waals surface area (Å²) in [5, 5.41) is 4.08. The number of amides is 1. The number of anilines is 1. The van der Waals surface area contributed by atoms with E-state index in [9.17, 15) is 4.79 Å². The largest absolute Gasteiger partial charge is 0.399 e. The maximum atomic E-state index is 12.2. The minimum absolute atomic E-state index is 0.00769. The van der Waals surface area contributed by atoms with Crippen LogP contribution >= 0.6 is 0 Å². The molecule has 2 aliphatic carbocycles. The van der Waals surface area contributed by atoms with Crippen molar-refractivity contribution >= 4 is 22.5 Å². The summed E-state index contributed by atoms with van der Waals surface area (Å²) in [6.45, 7) is 0.827. The summed E-state index contributed by atoms with van der Waals surface area (Å²) < 4.78 is 0. The monoisotopic (exact) mass is 269 g/mol. The fraction of sp³-hybridized carbons (Fsp3) is 0.438. The quantitative estimate of drug-likeness (QED) is 0.747. The summed E-state index contributed by atoms with van der Waals surface area (Å²) in [6.07, 6.45) is 5.26. The summed E-state index contributed by atoms with van der Waals surface area (Å²) >= 11 is 0. The van der Waals surface area contributed by atoms with Crippen molar-refractivity contribution in [2.75, 3.05) is 12.3 Å². The van der Waals surface area contributed by atoms with Crippen LogP contribution in [0.15, 0.2) is 24.3 Å². The molecule has 0 spiro atoms. The zero-order chi connectivity index (χ0) is 13.7. The van der Waals surface area contributed by atoms with E-state index in [0.29, 0.717) is 16.8 Å². The highest BCUT2D eigenvalue weighted by Gasteiger charge is 2.53. The van der Waals surface area contributed by atoms with Crippen LogP contribution in [-0.4, -0.2) is 17.4 Å². The second-order valence-corrected chi connectivity index (χ2v) is 6.35. The number of carbonyl (C=O) groups excluding carboxylic acids is 1. The van der Waals surface area contributed by atoms with Crippen LogP contribution in [0.1, 0.15) is 36.2 Å². The van der Waals surface area contributed by atoms with Crippen LogP contribution in [0.3, 0.4) is 0 Å². The van der Waals surface area contributed by atoms with Crippen molar-refractivity contribution in [2.24, 2.45) is 11.3 Å². The Morgan fingerprint density at radius 1 is 1.35 bits per heavy atom. The van der Waals surface area contributed by atoms with Gasteiger partial charge >= 0.3 is 0 Å². The van der Waals surface area contributed by atoms with Gasteiger partial charge in [-0.15, -0.1) is 0 Å². The third kappa shape index (κ3) is 1.96. The van der Waals surface area contributed by atoms with Crippen LogP contribution in [0, 0.1) is 11.3 Å². The molecule has 0 atom stereocenters. The molecule has 1 aromatic carbocycles. The van der Waals surface area contributed by atoms with E-state index in [1.54, 1.807) is 0 Å². The zero-order valence-electron chi connectivity index (χ0n) is 11.4. The number of hydrogen-bond acceptors (Lipinski definition) is 2. The van der Waals surface area contributed by atoms with Gasteiger partial charge in [0.15, 0.2) is 0 Å². The fourth-order valence-corrected chi connectivity index (χ4v) is 3.21. The lowest BCUT2D eigenvalue weighted by Gasteiger charge is -2.14. The minimum Gasteiger partial charge on any atom is -0.399 e. The van der Waals surface area contributed by atoms with E-state index in [-0.39, 0.29) is 5.91 Å². The smallest absolute Gasteiger partial charge is 0.267 e. The van der Waals surface area contributed by atoms with Crippen LogP contribution < -0.4 is 11.1 Å². The highest BCUT2D eigenvalue weighted by atomic mass is 16.1. The Balaban J connectivity index is 1.49. The minimum atomic E-state index is -0.00769. The Kier molecular flexibility index (Phi) is 2.37. The molecule has 4 N–H and O–H groups in total. The standard InChI is InChI=1S/C16H19N3O/c17-12-3-4-13-10(7-12)8-14(19-13)15(20)18-9-16(5-6-16)11-1-2-11/h3-4,7-8,11,19H,1-2,5-6,9,17H2,(H,18,20). The lowest BCUT2D eigenvalue weighted by molar-refractivity contribution is 0.0938. The Morgan fingerprint density at radius 2 is 2.15 bits per heavy atom. The third-order valence-corrected chi connectivity index (χ3v) is 4.83. The first kappa shape index (κ1) is 11.8. The van der Waals surface area contributed by atoms with E-state index < -0.39 is 0 Å². The molecule has 1 aromatic heterocycles. The van der Waals surface area contributed by atoms with E-state index in [0.717, 1.165) is 23.4 Å². The summed E-state index contributed by atoms with van der Waals surface area (Å²) in [4.78, 5) is 15.4. The van der Waals surface area contributed by atoms with E-state index in [1.165, 1.54) is 25.7 Å². The molecule has 0 radical (unpaired) electrons. The van der Waals surface area contributed by atoms with Gasteiger partial charge in [0.05, 0.1) is 0 Å². The van der Waals surface area contributed by atoms with Crippen molar-refractivity contribution in [3.8, 4) is 0 Å². The van der Waals surface area contributed by atoms with Crippen LogP contribution in [0.4, 0.5) is 5.69 Å². The first-order chi connectivity index (χ1) is 9.66. The van der Waals surface area contributed by atoms with Crippen molar-refractivity contribution in [1.29, 1.82) is 0 Å². The molecule has 0 saturated heterocycles. The van der Waals surface area contributed by atoms with Crippen molar-refractivity contribution in [2.45, 2.75) is 25.7 Å². The van der Waals surface area contributed by atoms with E-state index >= 15 is 0 Å². The molecule has 0 bridgehead atoms. The van der Waals surface area contributed by atoms with Crippen LogP contribution in [0.25, 0.3) is 10.9 Å². The number of nitrogens with two attached hydrogens (primary N) is 1. The molecule has 20 heavy (non-hydrogen) atoms. The Hall–Kier alpha value is -1.97. The third-order valence-electron chi connectivity index (χ3n) is 4.83. The molecule has 1 heterocycles. The normalized spacial score (nSPS) is 20.0. The van der Waals surface area contributed by atoms with Gasteiger partial charge < -0.3 is 16.0 Å². The van der Waals surface area contributed by atoms with Gasteiger partial charge in [-0.25, -0.2) is 0 Å². The zero-order valence-corrected chi connectivity index (χ0v) is 11.4. The topological polar surface area (TPSA) is 70.9 Å². The van der Waals surface area contributed by atoms with Crippen LogP contribution in [0.5, 0.6) is 0 Å². The Bertz CT molecular complexity index is 680. The number of nitrogen functional groups attached to an aromatic ring is 1. The molecule has 0 unspecified atom stereocenters. The summed E-state index contributed by atoms with van der Waals surface area (Å²) in [6, 6.07) is 7.51. The molecule has 2 aromatic rings. The predicted octanol–water partition coefficient (Wildman–Crippen LogP) is 2.67. The highest BCUT2D eigenvalue weighted by molar-refractivity contribution is 5.98. The molecule has 2 fully saturated rings. The van der Waals surface area contributed by atoms with E-state index in [2.05, 4.69) is 10.3 Å². The summed E-state index contributed by atoms with van der Waals surface area (Å²) in [7, 11) is 0. The van der Waals surface area contributed by atoms with Crippen molar-refractivity contribution in [1.82, 2.24) is 10.3 Å². The lowest BCUT2D eigenvalue weighted by atomic mass is 10.0. The molecule has 2 saturated carbocycles. The van der Waals surface area contributed by atoms with Gasteiger partial charge in [-0.1, -0.05) is 0 Å². The molecule has 4 heteroatoms. The average molecular weight is 269 g/mol. The van der Waals surface area contributed by atoms with Gasteiger partial charge in [-0.2, -0.15) is 0 Å². The number of fused-ring (bicyclic) bond motifs is 1. The number of rotatable bonds is 4. The first-order valence-corrected chi connectivity index (χ1v) is 7.33. The molecule has 4 rings (SSSR count). The number of benzene rings is 1. The number of aromatic nitrogens is 1. The Labute approximate surface area is 117 Å². The predicted molar refractivity (Wildman–Crippen MR) is 79.4 cm³/mol. The fourth-order valence-electron chi connectivity index (χ4n) is 3.21. The van der Waals surface area contributed by atoms with Gasteiger partial charge in [0, 0.05) is 23.1 Å². The van der Waals surface area contributed by atoms with Gasteiger partial charge in [0.25, 0.3) is 5.91 Å². The first-order valence-electron chi connectivity index (χ1n) is 7.33. The molecule has 0 aliphatic heterocycles. The van der Waals surface area contributed by atoms with E-state index in [1.807, 2.05) is 24.3 Å². The number of aromatic amines is 1. The maximum Gasteiger partial charge on any atom is 0.267 e. The number of hydrogen-bond donors (Lipinski definition) is 3. The molecular formula is C16H19N3O. The molecule has 2 aliphatic rings. The van der Waals surface area contributed by atoms with Crippen molar-refractivity contribution in [3.63, 3.8) is 0 Å². The number of carbonyl (C=O) groups is 1. The second-order valence-electron chi connectivity index (χ2n) is 6.35. The van der Waals surface area contributed by atoms with Gasteiger partial charge in [0.2, 0.25) is 0 Å². The van der Waals surface area contributed by atoms with Crippen LogP contribution in [0.2, 0.25) is 0 Å². The van der Waals surface area contributed by atoms with Crippen molar-refractivity contribution in [3.05, 3.63) is 30.0 Å². The number of H-pyrrole nitrogens is 1.